The molecular weight excluding hydrogens is 328 g/mol. The normalized spacial score (nSPS) is 23.8. The van der Waals surface area contributed by atoms with Crippen molar-refractivity contribution >= 4 is 6.03 Å². The molecule has 4 nitrogen and oxygen atoms in total. The van der Waals surface area contributed by atoms with Crippen molar-refractivity contribution in [3.05, 3.63) is 34.9 Å². The van der Waals surface area contributed by atoms with E-state index in [1.165, 1.54) is 0 Å². The van der Waals surface area contributed by atoms with Crippen molar-refractivity contribution in [2.75, 3.05) is 6.54 Å². The molecule has 1 aromatic carbocycles. The van der Waals surface area contributed by atoms with E-state index < -0.39 is 41.4 Å². The van der Waals surface area contributed by atoms with Gasteiger partial charge in [0.2, 0.25) is 0 Å². The largest absolute Gasteiger partial charge is 0.376 e. The number of carbonyl (C=O) groups is 1. The first-order chi connectivity index (χ1) is 11.3. The van der Waals surface area contributed by atoms with E-state index in [9.17, 15) is 22.4 Å². The summed E-state index contributed by atoms with van der Waals surface area (Å²) in [6.07, 6.45) is 1.82. The highest BCUT2D eigenvalue weighted by atomic mass is 19.2. The third kappa shape index (κ3) is 4.59. The van der Waals surface area contributed by atoms with E-state index in [0.29, 0.717) is 6.54 Å². The summed E-state index contributed by atoms with van der Waals surface area (Å²) in [5, 5.41) is 4.85. The van der Waals surface area contributed by atoms with Crippen LogP contribution < -0.4 is 10.6 Å². The summed E-state index contributed by atoms with van der Waals surface area (Å²) >= 11 is 0. The zero-order chi connectivity index (χ0) is 17.9. The van der Waals surface area contributed by atoms with E-state index in [1.807, 2.05) is 13.8 Å². The first kappa shape index (κ1) is 18.5. The van der Waals surface area contributed by atoms with Crippen LogP contribution in [0.25, 0.3) is 0 Å². The summed E-state index contributed by atoms with van der Waals surface area (Å²) in [4.78, 5) is 11.7. The van der Waals surface area contributed by atoms with E-state index in [1.54, 1.807) is 0 Å². The number of carbonyl (C=O) groups excluding carboxylic acids is 1. The lowest BCUT2D eigenvalue weighted by atomic mass is 9.92. The Hall–Kier alpha value is -1.83. The summed E-state index contributed by atoms with van der Waals surface area (Å²) in [5.41, 5.74) is -0.725. The molecule has 0 aromatic heterocycles. The van der Waals surface area contributed by atoms with E-state index in [0.717, 1.165) is 12.8 Å². The van der Waals surface area contributed by atoms with E-state index in [4.69, 9.17) is 4.74 Å². The molecule has 1 heterocycles. The van der Waals surface area contributed by atoms with Crippen LogP contribution in [0.15, 0.2) is 6.07 Å². The Morgan fingerprint density at radius 3 is 2.33 bits per heavy atom. The Morgan fingerprint density at radius 2 is 1.71 bits per heavy atom. The maximum atomic E-state index is 13.5. The molecule has 0 saturated carbocycles. The molecular formula is C16H20F4N2O2. The highest BCUT2D eigenvalue weighted by Crippen LogP contribution is 2.24. The number of nitrogens with one attached hydrogen (secondary N) is 2. The van der Waals surface area contributed by atoms with Crippen LogP contribution in [0.5, 0.6) is 0 Å². The van der Waals surface area contributed by atoms with E-state index in [-0.39, 0.29) is 24.2 Å². The van der Waals surface area contributed by atoms with Crippen LogP contribution in [0, 0.1) is 29.2 Å². The van der Waals surface area contributed by atoms with Gasteiger partial charge in [-0.3, -0.25) is 0 Å². The van der Waals surface area contributed by atoms with Crippen molar-refractivity contribution in [1.82, 2.24) is 10.6 Å². The second-order valence-corrected chi connectivity index (χ2v) is 6.11. The zero-order valence-electron chi connectivity index (χ0n) is 13.5. The minimum absolute atomic E-state index is 0.106. The lowest BCUT2D eigenvalue weighted by Crippen LogP contribution is -2.41. The molecule has 24 heavy (non-hydrogen) atoms. The van der Waals surface area contributed by atoms with Gasteiger partial charge >= 0.3 is 6.03 Å². The van der Waals surface area contributed by atoms with Crippen molar-refractivity contribution in [2.45, 2.75) is 45.4 Å². The second kappa shape index (κ2) is 7.83. The van der Waals surface area contributed by atoms with Gasteiger partial charge in [0.25, 0.3) is 0 Å². The van der Waals surface area contributed by atoms with Gasteiger partial charge < -0.3 is 15.4 Å². The van der Waals surface area contributed by atoms with Crippen molar-refractivity contribution in [3.8, 4) is 0 Å². The Balaban J connectivity index is 1.85. The van der Waals surface area contributed by atoms with Gasteiger partial charge in [0.05, 0.1) is 18.8 Å². The topological polar surface area (TPSA) is 50.4 Å². The number of hydrogen-bond acceptors (Lipinski definition) is 2. The Kier molecular flexibility index (Phi) is 6.04. The van der Waals surface area contributed by atoms with Crippen molar-refractivity contribution in [3.63, 3.8) is 0 Å². The van der Waals surface area contributed by atoms with Gasteiger partial charge in [-0.2, -0.15) is 0 Å². The molecule has 1 fully saturated rings. The summed E-state index contributed by atoms with van der Waals surface area (Å²) in [5.74, 6) is -6.02. The Labute approximate surface area is 137 Å². The Morgan fingerprint density at radius 1 is 1.08 bits per heavy atom. The standard InChI is InChI=1S/C16H20F4N2O2/c1-8-3-10(4-9(2)24-8)6-21-16(23)22-7-11-12(17)5-13(18)15(20)14(11)19/h5,8-10H,3-4,6-7H2,1-2H3,(H2,21,22,23)/t8-,9-/m1/s1. The molecule has 0 spiro atoms. The highest BCUT2D eigenvalue weighted by Gasteiger charge is 2.25. The smallest absolute Gasteiger partial charge is 0.315 e. The van der Waals surface area contributed by atoms with Crippen LogP contribution in [-0.4, -0.2) is 24.8 Å². The molecule has 0 radical (unpaired) electrons. The summed E-state index contributed by atoms with van der Waals surface area (Å²) in [6, 6.07) is -0.386. The number of rotatable bonds is 4. The summed E-state index contributed by atoms with van der Waals surface area (Å²) in [7, 11) is 0. The van der Waals surface area contributed by atoms with Gasteiger partial charge in [0.1, 0.15) is 5.82 Å². The predicted octanol–water partition coefficient (Wildman–Crippen LogP) is 3.25. The first-order valence-electron chi connectivity index (χ1n) is 7.77. The van der Waals surface area contributed by atoms with Gasteiger partial charge in [0, 0.05) is 18.2 Å². The average Bonchev–Trinajstić information content (AvgIpc) is 2.49. The number of benzene rings is 1. The third-order valence-electron chi connectivity index (χ3n) is 3.98. The summed E-state index contributed by atoms with van der Waals surface area (Å²) < 4.78 is 58.5. The molecule has 0 bridgehead atoms. The predicted molar refractivity (Wildman–Crippen MR) is 79.2 cm³/mol. The van der Waals surface area contributed by atoms with Crippen molar-refractivity contribution in [2.24, 2.45) is 5.92 Å². The van der Waals surface area contributed by atoms with Crippen LogP contribution in [0.3, 0.4) is 0 Å². The van der Waals surface area contributed by atoms with Crippen molar-refractivity contribution in [1.29, 1.82) is 0 Å². The monoisotopic (exact) mass is 348 g/mol. The minimum atomic E-state index is -1.77. The maximum absolute atomic E-state index is 13.5. The fourth-order valence-electron chi connectivity index (χ4n) is 2.94. The zero-order valence-corrected chi connectivity index (χ0v) is 13.5. The number of ether oxygens (including phenoxy) is 1. The lowest BCUT2D eigenvalue weighted by Gasteiger charge is -2.32. The number of urea groups is 1. The number of amides is 2. The summed E-state index contributed by atoms with van der Waals surface area (Å²) in [6.45, 7) is 3.72. The van der Waals surface area contributed by atoms with Crippen LogP contribution >= 0.6 is 0 Å². The van der Waals surface area contributed by atoms with Crippen LogP contribution in [0.2, 0.25) is 0 Å². The second-order valence-electron chi connectivity index (χ2n) is 6.11. The average molecular weight is 348 g/mol. The third-order valence-corrected chi connectivity index (χ3v) is 3.98. The highest BCUT2D eigenvalue weighted by molar-refractivity contribution is 5.73. The molecule has 134 valence electrons. The lowest BCUT2D eigenvalue weighted by molar-refractivity contribution is -0.0511. The Bertz CT molecular complexity index is 602. The fraction of sp³-hybridized carbons (Fsp3) is 0.562. The molecule has 2 N–H and O–H groups in total. The molecule has 1 saturated heterocycles. The van der Waals surface area contributed by atoms with Gasteiger partial charge in [-0.15, -0.1) is 0 Å². The van der Waals surface area contributed by atoms with Gasteiger partial charge in [0.15, 0.2) is 17.5 Å². The molecule has 1 aliphatic heterocycles. The van der Waals surface area contributed by atoms with Gasteiger partial charge in [-0.1, -0.05) is 0 Å². The number of halogens is 4. The number of hydrogen-bond donors (Lipinski definition) is 2. The van der Waals surface area contributed by atoms with Crippen LogP contribution in [0.1, 0.15) is 32.3 Å². The van der Waals surface area contributed by atoms with Gasteiger partial charge in [-0.25, -0.2) is 22.4 Å². The maximum Gasteiger partial charge on any atom is 0.315 e. The molecule has 8 heteroatoms. The molecule has 2 rings (SSSR count). The molecule has 0 aliphatic carbocycles. The minimum Gasteiger partial charge on any atom is -0.376 e. The van der Waals surface area contributed by atoms with E-state index >= 15 is 0 Å². The fourth-order valence-corrected chi connectivity index (χ4v) is 2.94. The molecule has 0 unspecified atom stereocenters. The van der Waals surface area contributed by atoms with Crippen LogP contribution in [0.4, 0.5) is 22.4 Å². The molecule has 2 amide bonds. The quantitative estimate of drug-likeness (QED) is 0.499. The first-order valence-corrected chi connectivity index (χ1v) is 7.77. The van der Waals surface area contributed by atoms with Crippen molar-refractivity contribution < 1.29 is 27.1 Å². The SMILES string of the molecule is C[C@@H]1CC(CNC(=O)NCc2c(F)cc(F)c(F)c2F)C[C@@H](C)O1. The molecule has 1 aliphatic rings. The van der Waals surface area contributed by atoms with Crippen LogP contribution in [-0.2, 0) is 11.3 Å². The van der Waals surface area contributed by atoms with Gasteiger partial charge in [-0.05, 0) is 32.6 Å². The molecule has 2 atom stereocenters. The molecule has 1 aromatic rings. The van der Waals surface area contributed by atoms with E-state index in [2.05, 4.69) is 10.6 Å².